The molecule has 0 saturated carbocycles. The number of rotatable bonds is 3. The SMILES string of the molecule is CC(C)(C)OC(=O)N1CCN(CC2C[C@H](c3ccc4c(c3)OCCO4)C(=O)N2)CC1. The summed E-state index contributed by atoms with van der Waals surface area (Å²) in [6.07, 6.45) is 0.500. The normalized spacial score (nSPS) is 24.5. The van der Waals surface area contributed by atoms with Crippen LogP contribution >= 0.6 is 0 Å². The number of nitrogens with zero attached hydrogens (tertiary/aromatic N) is 2. The molecule has 0 radical (unpaired) electrons. The molecule has 3 aliphatic heterocycles. The summed E-state index contributed by atoms with van der Waals surface area (Å²) in [4.78, 5) is 28.9. The van der Waals surface area contributed by atoms with Gasteiger partial charge in [0.15, 0.2) is 11.5 Å². The minimum Gasteiger partial charge on any atom is -0.486 e. The fourth-order valence-corrected chi connectivity index (χ4v) is 4.19. The fourth-order valence-electron chi connectivity index (χ4n) is 4.19. The second-order valence-electron chi connectivity index (χ2n) is 9.16. The highest BCUT2D eigenvalue weighted by molar-refractivity contribution is 5.86. The maximum atomic E-state index is 12.6. The van der Waals surface area contributed by atoms with E-state index in [4.69, 9.17) is 14.2 Å². The van der Waals surface area contributed by atoms with Crippen molar-refractivity contribution in [1.82, 2.24) is 15.1 Å². The number of carbonyl (C=O) groups is 2. The Morgan fingerprint density at radius 1 is 1.13 bits per heavy atom. The molecule has 0 spiro atoms. The van der Waals surface area contributed by atoms with Gasteiger partial charge in [0.05, 0.1) is 5.92 Å². The third-order valence-electron chi connectivity index (χ3n) is 5.65. The Morgan fingerprint density at radius 3 is 2.53 bits per heavy atom. The highest BCUT2D eigenvalue weighted by Gasteiger charge is 2.35. The lowest BCUT2D eigenvalue weighted by Gasteiger charge is -2.36. The van der Waals surface area contributed by atoms with Crippen molar-refractivity contribution in [3.8, 4) is 11.5 Å². The molecule has 8 nitrogen and oxygen atoms in total. The number of hydrogen-bond acceptors (Lipinski definition) is 6. The first-order valence-corrected chi connectivity index (χ1v) is 10.7. The van der Waals surface area contributed by atoms with E-state index in [2.05, 4.69) is 10.2 Å². The number of amides is 2. The van der Waals surface area contributed by atoms with E-state index in [1.54, 1.807) is 4.90 Å². The van der Waals surface area contributed by atoms with Crippen LogP contribution in [-0.2, 0) is 9.53 Å². The lowest BCUT2D eigenvalue weighted by atomic mass is 9.95. The summed E-state index contributed by atoms with van der Waals surface area (Å²) in [6, 6.07) is 5.88. The van der Waals surface area contributed by atoms with Crippen LogP contribution in [0.4, 0.5) is 4.79 Å². The molecule has 1 aromatic rings. The zero-order valence-electron chi connectivity index (χ0n) is 18.0. The average Bonchev–Trinajstić information content (AvgIpc) is 3.07. The van der Waals surface area contributed by atoms with Crippen LogP contribution in [0.1, 0.15) is 38.7 Å². The molecule has 3 aliphatic rings. The van der Waals surface area contributed by atoms with E-state index in [1.807, 2.05) is 39.0 Å². The van der Waals surface area contributed by atoms with Crippen LogP contribution in [0.3, 0.4) is 0 Å². The van der Waals surface area contributed by atoms with Crippen molar-refractivity contribution in [1.29, 1.82) is 0 Å². The highest BCUT2D eigenvalue weighted by atomic mass is 16.6. The Balaban J connectivity index is 1.29. The van der Waals surface area contributed by atoms with Gasteiger partial charge in [0.1, 0.15) is 18.8 Å². The van der Waals surface area contributed by atoms with Crippen molar-refractivity contribution in [2.45, 2.75) is 44.8 Å². The van der Waals surface area contributed by atoms with Crippen LogP contribution in [0.25, 0.3) is 0 Å². The largest absolute Gasteiger partial charge is 0.486 e. The van der Waals surface area contributed by atoms with E-state index in [0.717, 1.165) is 37.4 Å². The number of ether oxygens (including phenoxy) is 3. The van der Waals surface area contributed by atoms with Crippen molar-refractivity contribution in [3.63, 3.8) is 0 Å². The summed E-state index contributed by atoms with van der Waals surface area (Å²) in [5.74, 6) is 1.34. The summed E-state index contributed by atoms with van der Waals surface area (Å²) >= 11 is 0. The lowest BCUT2D eigenvalue weighted by molar-refractivity contribution is -0.120. The van der Waals surface area contributed by atoms with Gasteiger partial charge in [-0.15, -0.1) is 0 Å². The smallest absolute Gasteiger partial charge is 0.410 e. The Labute approximate surface area is 177 Å². The molecular weight excluding hydrogens is 386 g/mol. The van der Waals surface area contributed by atoms with E-state index < -0.39 is 5.60 Å². The van der Waals surface area contributed by atoms with Gasteiger partial charge in [0.25, 0.3) is 0 Å². The van der Waals surface area contributed by atoms with E-state index in [9.17, 15) is 9.59 Å². The minimum atomic E-state index is -0.481. The summed E-state index contributed by atoms with van der Waals surface area (Å²) in [6.45, 7) is 10.3. The minimum absolute atomic E-state index is 0.0593. The Hall–Kier alpha value is -2.48. The number of carbonyl (C=O) groups excluding carboxylic acids is 2. The number of nitrogens with one attached hydrogen (secondary N) is 1. The summed E-state index contributed by atoms with van der Waals surface area (Å²) in [7, 11) is 0. The monoisotopic (exact) mass is 417 g/mol. The molecule has 0 bridgehead atoms. The molecule has 164 valence electrons. The lowest BCUT2D eigenvalue weighted by Crippen LogP contribution is -2.52. The van der Waals surface area contributed by atoms with Crippen LogP contribution in [0.2, 0.25) is 0 Å². The number of hydrogen-bond donors (Lipinski definition) is 1. The van der Waals surface area contributed by atoms with Crippen molar-refractivity contribution < 1.29 is 23.8 Å². The van der Waals surface area contributed by atoms with E-state index in [-0.39, 0.29) is 24.0 Å². The van der Waals surface area contributed by atoms with E-state index in [0.29, 0.717) is 32.1 Å². The molecule has 4 rings (SSSR count). The number of benzene rings is 1. The molecule has 8 heteroatoms. The third-order valence-corrected chi connectivity index (χ3v) is 5.65. The first-order chi connectivity index (χ1) is 14.3. The van der Waals surface area contributed by atoms with Gasteiger partial charge in [0, 0.05) is 38.8 Å². The number of fused-ring (bicyclic) bond motifs is 1. The Kier molecular flexibility index (Phi) is 5.77. The van der Waals surface area contributed by atoms with E-state index in [1.165, 1.54) is 0 Å². The van der Waals surface area contributed by atoms with Crippen LogP contribution in [-0.4, -0.2) is 79.4 Å². The van der Waals surface area contributed by atoms with E-state index >= 15 is 0 Å². The predicted molar refractivity (Wildman–Crippen MR) is 111 cm³/mol. The predicted octanol–water partition coefficient (Wildman–Crippen LogP) is 1.98. The van der Waals surface area contributed by atoms with Gasteiger partial charge in [-0.25, -0.2) is 4.79 Å². The molecule has 3 heterocycles. The molecule has 1 N–H and O–H groups in total. The van der Waals surface area contributed by atoms with Crippen molar-refractivity contribution in [2.75, 3.05) is 45.9 Å². The summed E-state index contributed by atoms with van der Waals surface area (Å²) < 4.78 is 16.7. The maximum Gasteiger partial charge on any atom is 0.410 e. The second kappa shape index (κ2) is 8.34. The van der Waals surface area contributed by atoms with Crippen LogP contribution < -0.4 is 14.8 Å². The molecule has 2 atom stereocenters. The summed E-state index contributed by atoms with van der Waals surface area (Å²) in [5, 5.41) is 3.14. The van der Waals surface area contributed by atoms with Crippen molar-refractivity contribution >= 4 is 12.0 Å². The van der Waals surface area contributed by atoms with Gasteiger partial charge < -0.3 is 24.4 Å². The van der Waals surface area contributed by atoms with Gasteiger partial charge >= 0.3 is 6.09 Å². The molecule has 0 aromatic heterocycles. The van der Waals surface area contributed by atoms with Crippen molar-refractivity contribution in [2.24, 2.45) is 0 Å². The molecule has 2 saturated heterocycles. The molecule has 2 fully saturated rings. The molecule has 0 aliphatic carbocycles. The molecule has 2 amide bonds. The maximum absolute atomic E-state index is 12.6. The van der Waals surface area contributed by atoms with Gasteiger partial charge in [-0.2, -0.15) is 0 Å². The van der Waals surface area contributed by atoms with Crippen molar-refractivity contribution in [3.05, 3.63) is 23.8 Å². The van der Waals surface area contributed by atoms with Gasteiger partial charge in [-0.05, 0) is 44.9 Å². The topological polar surface area (TPSA) is 80.3 Å². The van der Waals surface area contributed by atoms with Crippen LogP contribution in [0.5, 0.6) is 11.5 Å². The molecular formula is C22H31N3O5. The Bertz CT molecular complexity index is 798. The molecule has 1 unspecified atom stereocenters. The quantitative estimate of drug-likeness (QED) is 0.810. The zero-order valence-corrected chi connectivity index (χ0v) is 18.0. The standard InChI is InChI=1S/C22H31N3O5/c1-22(2,3)30-21(27)25-8-6-24(7-9-25)14-16-13-17(20(26)23-16)15-4-5-18-19(12-15)29-11-10-28-18/h4-5,12,16-17H,6-11,13-14H2,1-3H3,(H,23,26)/t16?,17-/m1/s1. The molecule has 1 aromatic carbocycles. The second-order valence-corrected chi connectivity index (χ2v) is 9.16. The van der Waals surface area contributed by atoms with Gasteiger partial charge in [0.2, 0.25) is 5.91 Å². The highest BCUT2D eigenvalue weighted by Crippen LogP contribution is 2.36. The average molecular weight is 418 g/mol. The number of piperazine rings is 1. The Morgan fingerprint density at radius 2 is 1.83 bits per heavy atom. The fraction of sp³-hybridized carbons (Fsp3) is 0.636. The summed E-state index contributed by atoms with van der Waals surface area (Å²) in [5.41, 5.74) is 0.486. The third kappa shape index (κ3) is 4.80. The van der Waals surface area contributed by atoms with Crippen LogP contribution in [0.15, 0.2) is 18.2 Å². The van der Waals surface area contributed by atoms with Gasteiger partial charge in [-0.3, -0.25) is 9.69 Å². The first-order valence-electron chi connectivity index (χ1n) is 10.7. The zero-order chi connectivity index (χ0) is 21.3. The van der Waals surface area contributed by atoms with Crippen LogP contribution in [0, 0.1) is 0 Å². The first kappa shape index (κ1) is 20.8. The molecule has 30 heavy (non-hydrogen) atoms. The van der Waals surface area contributed by atoms with Gasteiger partial charge in [-0.1, -0.05) is 6.07 Å².